The van der Waals surface area contributed by atoms with Crippen LogP contribution in [0.2, 0.25) is 0 Å². The van der Waals surface area contributed by atoms with Gasteiger partial charge in [0, 0.05) is 12.8 Å². The first kappa shape index (κ1) is 87.1. The Kier molecular flexibility index (Phi) is 76.8. The van der Waals surface area contributed by atoms with E-state index in [4.69, 9.17) is 4.74 Å². The number of aliphatic hydroxyl groups excluding tert-OH is 2. The summed E-state index contributed by atoms with van der Waals surface area (Å²) in [6, 6.07) is -0.543. The van der Waals surface area contributed by atoms with E-state index in [9.17, 15) is 19.8 Å². The van der Waals surface area contributed by atoms with Crippen LogP contribution in [0.25, 0.3) is 0 Å². The molecule has 526 valence electrons. The average Bonchev–Trinajstić information content (AvgIpc) is 3.60. The fourth-order valence-corrected chi connectivity index (χ4v) is 13.0. The van der Waals surface area contributed by atoms with Crippen molar-refractivity contribution < 1.29 is 24.5 Å². The smallest absolute Gasteiger partial charge is 0.305 e. The Hall–Kier alpha value is -1.92. The molecule has 6 heteroatoms. The Balaban J connectivity index is 3.38. The van der Waals surface area contributed by atoms with Gasteiger partial charge in [-0.05, 0) is 83.5 Å². The lowest BCUT2D eigenvalue weighted by Gasteiger charge is -2.22. The molecule has 0 saturated heterocycles. The van der Waals surface area contributed by atoms with E-state index < -0.39 is 12.1 Å². The van der Waals surface area contributed by atoms with E-state index in [0.29, 0.717) is 25.9 Å². The second-order valence-electron chi connectivity index (χ2n) is 28.1. The molecule has 0 bridgehead atoms. The maximum Gasteiger partial charge on any atom is 0.305 e. The van der Waals surface area contributed by atoms with Crippen molar-refractivity contribution in [1.82, 2.24) is 5.32 Å². The minimum atomic E-state index is -0.666. The Bertz CT molecular complexity index is 1440. The van der Waals surface area contributed by atoms with Gasteiger partial charge in [0.2, 0.25) is 5.91 Å². The molecule has 0 aliphatic heterocycles. The van der Waals surface area contributed by atoms with Crippen LogP contribution < -0.4 is 5.32 Å². The van der Waals surface area contributed by atoms with Gasteiger partial charge < -0.3 is 20.3 Å². The van der Waals surface area contributed by atoms with Crippen LogP contribution in [0, 0.1) is 0 Å². The fourth-order valence-electron chi connectivity index (χ4n) is 13.0. The number of amides is 1. The van der Waals surface area contributed by atoms with Crippen LogP contribution in [0.3, 0.4) is 0 Å². The lowest BCUT2D eigenvalue weighted by Crippen LogP contribution is -2.45. The highest BCUT2D eigenvalue weighted by atomic mass is 16.5. The van der Waals surface area contributed by atoms with Gasteiger partial charge in [-0.1, -0.05) is 397 Å². The maximum atomic E-state index is 12.6. The molecule has 0 heterocycles. The van der Waals surface area contributed by atoms with E-state index in [1.165, 1.54) is 372 Å². The highest BCUT2D eigenvalue weighted by molar-refractivity contribution is 5.76. The van der Waals surface area contributed by atoms with Crippen LogP contribution in [-0.4, -0.2) is 47.4 Å². The number of carbonyl (C=O) groups is 2. The van der Waals surface area contributed by atoms with Gasteiger partial charge in [-0.25, -0.2) is 0 Å². The molecule has 0 fully saturated rings. The predicted molar refractivity (Wildman–Crippen MR) is 393 cm³/mol. The first-order chi connectivity index (χ1) is 44.0. The molecule has 0 aliphatic rings. The molecule has 0 aromatic rings. The maximum absolute atomic E-state index is 12.6. The molecule has 0 saturated carbocycles. The highest BCUT2D eigenvalue weighted by Crippen LogP contribution is 2.20. The van der Waals surface area contributed by atoms with Gasteiger partial charge >= 0.3 is 5.97 Å². The van der Waals surface area contributed by atoms with Crippen molar-refractivity contribution >= 4 is 11.9 Å². The molecule has 0 aromatic heterocycles. The predicted octanol–water partition coefficient (Wildman–Crippen LogP) is 27.0. The van der Waals surface area contributed by atoms with Gasteiger partial charge in [-0.15, -0.1) is 0 Å². The number of aliphatic hydroxyl groups is 2. The summed E-state index contributed by atoms with van der Waals surface area (Å²) in [7, 11) is 0. The van der Waals surface area contributed by atoms with Crippen molar-refractivity contribution in [2.45, 2.75) is 469 Å². The third kappa shape index (κ3) is 75.0. The van der Waals surface area contributed by atoms with Gasteiger partial charge in [0.25, 0.3) is 0 Å². The van der Waals surface area contributed by atoms with Gasteiger partial charge in [-0.3, -0.25) is 9.59 Å². The lowest BCUT2D eigenvalue weighted by atomic mass is 10.0. The third-order valence-corrected chi connectivity index (χ3v) is 19.2. The minimum absolute atomic E-state index is 0.0112. The highest BCUT2D eigenvalue weighted by Gasteiger charge is 2.20. The van der Waals surface area contributed by atoms with E-state index in [1.807, 2.05) is 0 Å². The van der Waals surface area contributed by atoms with E-state index >= 15 is 0 Å². The van der Waals surface area contributed by atoms with E-state index in [0.717, 1.165) is 51.4 Å². The molecule has 0 radical (unpaired) electrons. The Morgan fingerprint density at radius 2 is 0.562 bits per heavy atom. The molecule has 2 unspecified atom stereocenters. The molecule has 2 atom stereocenters. The number of ether oxygens (including phenoxy) is 1. The monoisotopic (exact) mass is 1250 g/mol. The summed E-state index contributed by atoms with van der Waals surface area (Å²) in [5.74, 6) is -0.0179. The molecule has 3 N–H and O–H groups in total. The number of rotatable bonds is 77. The number of allylic oxidation sites excluding steroid dienone is 6. The molecule has 6 nitrogen and oxygen atoms in total. The van der Waals surface area contributed by atoms with Gasteiger partial charge in [0.15, 0.2) is 0 Å². The van der Waals surface area contributed by atoms with Crippen LogP contribution in [0.5, 0.6) is 0 Å². The van der Waals surface area contributed by atoms with Gasteiger partial charge in [0.1, 0.15) is 0 Å². The van der Waals surface area contributed by atoms with Crippen LogP contribution in [-0.2, 0) is 14.3 Å². The van der Waals surface area contributed by atoms with Crippen molar-refractivity contribution in [3.05, 3.63) is 36.5 Å². The fraction of sp³-hybridized carbons (Fsp3) is 0.904. The number of hydrogen-bond acceptors (Lipinski definition) is 5. The summed E-state index contributed by atoms with van der Waals surface area (Å²) in [5, 5.41) is 23.5. The Morgan fingerprint density at radius 3 is 0.865 bits per heavy atom. The van der Waals surface area contributed by atoms with Crippen molar-refractivity contribution in [2.24, 2.45) is 0 Å². The van der Waals surface area contributed by atoms with Gasteiger partial charge in [-0.2, -0.15) is 0 Å². The van der Waals surface area contributed by atoms with E-state index in [1.54, 1.807) is 0 Å². The molecule has 0 spiro atoms. The van der Waals surface area contributed by atoms with E-state index in [2.05, 4.69) is 55.6 Å². The van der Waals surface area contributed by atoms with Crippen LogP contribution in [0.4, 0.5) is 0 Å². The summed E-state index contributed by atoms with van der Waals surface area (Å²) in [6.07, 6.45) is 102. The number of nitrogens with one attached hydrogen (secondary N) is 1. The number of unbranched alkanes of at least 4 members (excludes halogenated alkanes) is 60. The third-order valence-electron chi connectivity index (χ3n) is 19.2. The lowest BCUT2D eigenvalue weighted by molar-refractivity contribution is -0.143. The summed E-state index contributed by atoms with van der Waals surface area (Å²) in [4.78, 5) is 24.7. The van der Waals surface area contributed by atoms with E-state index in [-0.39, 0.29) is 18.5 Å². The largest absolute Gasteiger partial charge is 0.466 e. The van der Waals surface area contributed by atoms with Crippen LogP contribution in [0.15, 0.2) is 36.5 Å². The number of hydrogen-bond donors (Lipinski definition) is 3. The Labute approximate surface area is 557 Å². The summed E-state index contributed by atoms with van der Waals surface area (Å²) in [5.41, 5.74) is 0. The summed E-state index contributed by atoms with van der Waals surface area (Å²) < 4.78 is 5.51. The normalized spacial score (nSPS) is 12.6. The second kappa shape index (κ2) is 78.5. The SMILES string of the molecule is CCCCCCCCC/C=C\CCCCCCCCCC(=O)OCCCCCCCCCCC/C=C\C/C=C\CCCCCCCCCCCCCCCCCC(=O)NC(CO)C(O)CCCCCCCCCCCCCCCCCCCCCCCCC. The topological polar surface area (TPSA) is 95.9 Å². The first-order valence-electron chi connectivity index (χ1n) is 40.7. The molecular weight excluding hydrogens is 1090 g/mol. The molecule has 89 heavy (non-hydrogen) atoms. The Morgan fingerprint density at radius 1 is 0.315 bits per heavy atom. The zero-order chi connectivity index (χ0) is 64.2. The van der Waals surface area contributed by atoms with Crippen LogP contribution in [0.1, 0.15) is 457 Å². The van der Waals surface area contributed by atoms with Gasteiger partial charge in [0.05, 0.1) is 25.4 Å². The summed E-state index contributed by atoms with van der Waals surface area (Å²) in [6.45, 7) is 5.00. The molecule has 0 aromatic carbocycles. The van der Waals surface area contributed by atoms with Crippen LogP contribution >= 0.6 is 0 Å². The summed E-state index contributed by atoms with van der Waals surface area (Å²) >= 11 is 0. The second-order valence-corrected chi connectivity index (χ2v) is 28.1. The zero-order valence-electron chi connectivity index (χ0n) is 60.4. The number of carbonyl (C=O) groups excluding carboxylic acids is 2. The minimum Gasteiger partial charge on any atom is -0.466 e. The first-order valence-corrected chi connectivity index (χ1v) is 40.7. The van der Waals surface area contributed by atoms with Crippen molar-refractivity contribution in [3.8, 4) is 0 Å². The average molecular weight is 1250 g/mol. The van der Waals surface area contributed by atoms with Crippen molar-refractivity contribution in [1.29, 1.82) is 0 Å². The van der Waals surface area contributed by atoms with Crippen molar-refractivity contribution in [2.75, 3.05) is 13.2 Å². The molecule has 0 rings (SSSR count). The quantitative estimate of drug-likeness (QED) is 0.0320. The zero-order valence-corrected chi connectivity index (χ0v) is 60.4. The molecular formula is C83H159NO5. The molecule has 1 amide bonds. The number of esters is 1. The standard InChI is InChI=1S/C83H159NO5/c1-3-5-7-9-11-13-15-17-19-21-23-24-34-37-40-43-47-51-55-59-63-67-71-75-81(86)80(79-85)84-82(87)76-72-68-64-60-56-52-48-44-41-38-35-32-30-28-26-25-27-29-31-33-36-39-42-46-50-54-58-62-66-70-74-78-89-83(88)77-73-69-65-61-57-53-49-45-22-20-18-16-14-12-10-8-6-4-2/h20,22,27,29,33,36,80-81,85-86H,3-19,21,23-26,28,30-32,34-35,37-79H2,1-2H3,(H,84,87)/b22-20-,29-27-,36-33-. The molecule has 0 aliphatic carbocycles. The van der Waals surface area contributed by atoms with Crippen molar-refractivity contribution in [3.63, 3.8) is 0 Å².